The SMILES string of the molecule is O=C(CC1CNC1)N1CCC(CO)CC1. The number of rotatable bonds is 3. The maximum atomic E-state index is 11.8. The quantitative estimate of drug-likeness (QED) is 0.683. The largest absolute Gasteiger partial charge is 0.396 e. The zero-order chi connectivity index (χ0) is 10.7. The third-order valence-corrected chi connectivity index (χ3v) is 3.55. The minimum Gasteiger partial charge on any atom is -0.396 e. The zero-order valence-corrected chi connectivity index (χ0v) is 9.11. The summed E-state index contributed by atoms with van der Waals surface area (Å²) in [6.07, 6.45) is 2.63. The van der Waals surface area contributed by atoms with Crippen molar-refractivity contribution in [3.63, 3.8) is 0 Å². The normalized spacial score (nSPS) is 23.9. The number of aliphatic hydroxyl groups excluding tert-OH is 1. The lowest BCUT2D eigenvalue weighted by molar-refractivity contribution is -0.134. The molecule has 0 aliphatic carbocycles. The highest BCUT2D eigenvalue weighted by atomic mass is 16.3. The average molecular weight is 212 g/mol. The number of aliphatic hydroxyl groups is 1. The second kappa shape index (κ2) is 4.94. The van der Waals surface area contributed by atoms with Crippen molar-refractivity contribution in [2.45, 2.75) is 19.3 Å². The van der Waals surface area contributed by atoms with Crippen molar-refractivity contribution in [3.8, 4) is 0 Å². The Labute approximate surface area is 90.6 Å². The lowest BCUT2D eigenvalue weighted by Gasteiger charge is -2.34. The minimum atomic E-state index is 0.272. The van der Waals surface area contributed by atoms with Gasteiger partial charge in [-0.1, -0.05) is 0 Å². The molecule has 0 bridgehead atoms. The van der Waals surface area contributed by atoms with Crippen LogP contribution in [0.15, 0.2) is 0 Å². The molecule has 2 saturated heterocycles. The minimum absolute atomic E-state index is 0.272. The van der Waals surface area contributed by atoms with Crippen molar-refractivity contribution < 1.29 is 9.90 Å². The van der Waals surface area contributed by atoms with Gasteiger partial charge in [-0.05, 0) is 37.8 Å². The second-order valence-electron chi connectivity index (χ2n) is 4.74. The third-order valence-electron chi connectivity index (χ3n) is 3.55. The maximum absolute atomic E-state index is 11.8. The smallest absolute Gasteiger partial charge is 0.222 e. The zero-order valence-electron chi connectivity index (χ0n) is 9.11. The van der Waals surface area contributed by atoms with Crippen molar-refractivity contribution in [1.82, 2.24) is 10.2 Å². The number of piperidine rings is 1. The predicted octanol–water partition coefficient (Wildman–Crippen LogP) is -0.173. The van der Waals surface area contributed by atoms with E-state index in [1.807, 2.05) is 4.90 Å². The topological polar surface area (TPSA) is 52.6 Å². The Bertz CT molecular complexity index is 221. The monoisotopic (exact) mass is 212 g/mol. The van der Waals surface area contributed by atoms with Gasteiger partial charge < -0.3 is 15.3 Å². The number of carbonyl (C=O) groups is 1. The highest BCUT2D eigenvalue weighted by Crippen LogP contribution is 2.18. The fourth-order valence-corrected chi connectivity index (χ4v) is 2.23. The second-order valence-corrected chi connectivity index (χ2v) is 4.74. The summed E-state index contributed by atoms with van der Waals surface area (Å²) in [4.78, 5) is 13.8. The molecule has 0 aromatic rings. The van der Waals surface area contributed by atoms with Crippen LogP contribution in [0, 0.1) is 11.8 Å². The summed E-state index contributed by atoms with van der Waals surface area (Å²) >= 11 is 0. The highest BCUT2D eigenvalue weighted by molar-refractivity contribution is 5.76. The first kappa shape index (κ1) is 10.9. The first-order chi connectivity index (χ1) is 7.29. The van der Waals surface area contributed by atoms with Gasteiger partial charge in [0.2, 0.25) is 5.91 Å². The Kier molecular flexibility index (Phi) is 3.59. The number of likely N-dealkylation sites (tertiary alicyclic amines) is 1. The first-order valence-corrected chi connectivity index (χ1v) is 5.89. The number of carbonyl (C=O) groups excluding carboxylic acids is 1. The van der Waals surface area contributed by atoms with Crippen molar-refractivity contribution in [2.24, 2.45) is 11.8 Å². The molecule has 2 fully saturated rings. The summed E-state index contributed by atoms with van der Waals surface area (Å²) in [5, 5.41) is 12.2. The first-order valence-electron chi connectivity index (χ1n) is 5.89. The van der Waals surface area contributed by atoms with Crippen LogP contribution in [-0.4, -0.2) is 48.7 Å². The van der Waals surface area contributed by atoms with Crippen LogP contribution in [0.25, 0.3) is 0 Å². The van der Waals surface area contributed by atoms with Gasteiger partial charge >= 0.3 is 0 Å². The Morgan fingerprint density at radius 2 is 1.93 bits per heavy atom. The molecular formula is C11H20N2O2. The Morgan fingerprint density at radius 1 is 1.27 bits per heavy atom. The molecule has 0 spiro atoms. The molecule has 15 heavy (non-hydrogen) atoms. The standard InChI is InChI=1S/C11H20N2O2/c14-8-9-1-3-13(4-2-9)11(15)5-10-6-12-7-10/h9-10,12,14H,1-8H2. The van der Waals surface area contributed by atoms with Crippen LogP contribution in [0.2, 0.25) is 0 Å². The van der Waals surface area contributed by atoms with Crippen LogP contribution in [0.4, 0.5) is 0 Å². The number of amides is 1. The molecule has 2 rings (SSSR count). The Morgan fingerprint density at radius 3 is 2.40 bits per heavy atom. The lowest BCUT2D eigenvalue weighted by Crippen LogP contribution is -2.46. The van der Waals surface area contributed by atoms with Crippen LogP contribution in [0.1, 0.15) is 19.3 Å². The van der Waals surface area contributed by atoms with Gasteiger partial charge in [0.05, 0.1) is 0 Å². The summed E-state index contributed by atoms with van der Waals surface area (Å²) < 4.78 is 0. The van der Waals surface area contributed by atoms with Crippen LogP contribution >= 0.6 is 0 Å². The average Bonchev–Trinajstić information content (AvgIpc) is 2.23. The van der Waals surface area contributed by atoms with Gasteiger partial charge in [-0.25, -0.2) is 0 Å². The van der Waals surface area contributed by atoms with E-state index < -0.39 is 0 Å². The Balaban J connectivity index is 1.71. The molecule has 2 N–H and O–H groups in total. The molecule has 0 radical (unpaired) electrons. The molecule has 0 aromatic carbocycles. The molecule has 4 heteroatoms. The summed E-state index contributed by atoms with van der Waals surface area (Å²) in [5.41, 5.74) is 0. The molecule has 2 aliphatic heterocycles. The van der Waals surface area contributed by atoms with E-state index in [4.69, 9.17) is 5.11 Å². The summed E-state index contributed by atoms with van der Waals surface area (Å²) in [6.45, 7) is 3.95. The molecule has 0 unspecified atom stereocenters. The van der Waals surface area contributed by atoms with E-state index in [0.717, 1.165) is 39.0 Å². The van der Waals surface area contributed by atoms with Crippen LogP contribution < -0.4 is 5.32 Å². The van der Waals surface area contributed by atoms with Crippen molar-refractivity contribution in [1.29, 1.82) is 0 Å². The van der Waals surface area contributed by atoms with Crippen molar-refractivity contribution in [3.05, 3.63) is 0 Å². The summed E-state index contributed by atoms with van der Waals surface area (Å²) in [6, 6.07) is 0. The summed E-state index contributed by atoms with van der Waals surface area (Å²) in [7, 11) is 0. The van der Waals surface area contributed by atoms with Gasteiger partial charge in [-0.15, -0.1) is 0 Å². The predicted molar refractivity (Wildman–Crippen MR) is 57.4 cm³/mol. The van der Waals surface area contributed by atoms with Gasteiger partial charge in [0.1, 0.15) is 0 Å². The highest BCUT2D eigenvalue weighted by Gasteiger charge is 2.26. The van der Waals surface area contributed by atoms with E-state index in [1.165, 1.54) is 0 Å². The number of nitrogens with zero attached hydrogens (tertiary/aromatic N) is 1. The fraction of sp³-hybridized carbons (Fsp3) is 0.909. The molecule has 2 heterocycles. The molecule has 0 saturated carbocycles. The molecule has 4 nitrogen and oxygen atoms in total. The van der Waals surface area contributed by atoms with Crippen LogP contribution in [0.5, 0.6) is 0 Å². The molecule has 86 valence electrons. The number of hydrogen-bond donors (Lipinski definition) is 2. The van der Waals surface area contributed by atoms with Crippen molar-refractivity contribution >= 4 is 5.91 Å². The fourth-order valence-electron chi connectivity index (χ4n) is 2.23. The maximum Gasteiger partial charge on any atom is 0.222 e. The van der Waals surface area contributed by atoms with Crippen molar-refractivity contribution in [2.75, 3.05) is 32.8 Å². The van der Waals surface area contributed by atoms with Gasteiger partial charge in [0.25, 0.3) is 0 Å². The summed E-state index contributed by atoms with van der Waals surface area (Å²) in [5.74, 6) is 1.28. The van der Waals surface area contributed by atoms with E-state index in [2.05, 4.69) is 5.32 Å². The number of nitrogens with one attached hydrogen (secondary N) is 1. The molecule has 2 aliphatic rings. The Hall–Kier alpha value is -0.610. The van der Waals surface area contributed by atoms with E-state index in [1.54, 1.807) is 0 Å². The lowest BCUT2D eigenvalue weighted by atomic mass is 9.95. The van der Waals surface area contributed by atoms with E-state index in [-0.39, 0.29) is 6.61 Å². The number of hydrogen-bond acceptors (Lipinski definition) is 3. The third kappa shape index (κ3) is 2.69. The molecule has 0 atom stereocenters. The molecule has 0 aromatic heterocycles. The van der Waals surface area contributed by atoms with Gasteiger partial charge in [-0.3, -0.25) is 4.79 Å². The van der Waals surface area contributed by atoms with E-state index >= 15 is 0 Å². The van der Waals surface area contributed by atoms with E-state index in [9.17, 15) is 4.79 Å². The molecule has 1 amide bonds. The van der Waals surface area contributed by atoms with Crippen LogP contribution in [0.3, 0.4) is 0 Å². The van der Waals surface area contributed by atoms with Gasteiger partial charge in [0, 0.05) is 26.1 Å². The van der Waals surface area contributed by atoms with Gasteiger partial charge in [-0.2, -0.15) is 0 Å². The van der Waals surface area contributed by atoms with E-state index in [0.29, 0.717) is 24.2 Å². The molecular weight excluding hydrogens is 192 g/mol. The van der Waals surface area contributed by atoms with Gasteiger partial charge in [0.15, 0.2) is 0 Å². The van der Waals surface area contributed by atoms with Crippen LogP contribution in [-0.2, 0) is 4.79 Å².